The van der Waals surface area contributed by atoms with Crippen LogP contribution in [0.15, 0.2) is 68.0 Å². The van der Waals surface area contributed by atoms with Crippen LogP contribution in [0.1, 0.15) is 17.3 Å². The largest absolute Gasteiger partial charge is 0.493 e. The highest BCUT2D eigenvalue weighted by atomic mass is 79.9. The number of anilines is 1. The van der Waals surface area contributed by atoms with Gasteiger partial charge in [-0.3, -0.25) is 10.1 Å². The Bertz CT molecular complexity index is 1340. The first-order valence-electron chi connectivity index (χ1n) is 9.75. The van der Waals surface area contributed by atoms with Gasteiger partial charge in [-0.15, -0.1) is 11.3 Å². The summed E-state index contributed by atoms with van der Waals surface area (Å²) in [6, 6.07) is 17.0. The maximum Gasteiger partial charge on any atom is 0.257 e. The first kappa shape index (κ1) is 24.3. The molecule has 4 rings (SSSR count). The summed E-state index contributed by atoms with van der Waals surface area (Å²) in [5, 5.41) is 6.91. The van der Waals surface area contributed by atoms with E-state index in [4.69, 9.17) is 21.9 Å². The summed E-state index contributed by atoms with van der Waals surface area (Å²) in [6.45, 7) is 2.44. The molecular formula is C23H16Br3N3O2S2. The number of nitrogens with zero attached hydrogens (tertiary/aromatic N) is 1. The molecule has 0 aliphatic rings. The Balaban J connectivity index is 1.58. The maximum absolute atomic E-state index is 12.7. The van der Waals surface area contributed by atoms with Crippen molar-refractivity contribution in [1.29, 1.82) is 0 Å². The van der Waals surface area contributed by atoms with Gasteiger partial charge in [-0.05, 0) is 93.5 Å². The van der Waals surface area contributed by atoms with Crippen molar-refractivity contribution in [2.75, 3.05) is 11.9 Å². The van der Waals surface area contributed by atoms with Gasteiger partial charge in [-0.1, -0.05) is 28.1 Å². The highest BCUT2D eigenvalue weighted by Gasteiger charge is 2.17. The molecule has 0 radical (unpaired) electrons. The van der Waals surface area contributed by atoms with Crippen molar-refractivity contribution in [3.8, 4) is 16.3 Å². The van der Waals surface area contributed by atoms with Crippen LogP contribution in [0, 0.1) is 0 Å². The number of carbonyl (C=O) groups excluding carboxylic acids is 1. The van der Waals surface area contributed by atoms with Gasteiger partial charge in [0.2, 0.25) is 0 Å². The fourth-order valence-electron chi connectivity index (χ4n) is 3.09. The van der Waals surface area contributed by atoms with Crippen LogP contribution in [0.5, 0.6) is 5.75 Å². The zero-order valence-corrected chi connectivity index (χ0v) is 23.5. The third-order valence-corrected chi connectivity index (χ3v) is 7.52. The minimum absolute atomic E-state index is 0.176. The van der Waals surface area contributed by atoms with Crippen molar-refractivity contribution in [1.82, 2.24) is 10.3 Å². The van der Waals surface area contributed by atoms with Crippen LogP contribution < -0.4 is 15.4 Å². The summed E-state index contributed by atoms with van der Waals surface area (Å²) < 4.78 is 8.96. The summed E-state index contributed by atoms with van der Waals surface area (Å²) in [7, 11) is 0. The summed E-state index contributed by atoms with van der Waals surface area (Å²) in [4.78, 5) is 17.5. The first-order chi connectivity index (χ1) is 15.9. The van der Waals surface area contributed by atoms with Crippen molar-refractivity contribution in [2.45, 2.75) is 6.92 Å². The molecule has 33 heavy (non-hydrogen) atoms. The van der Waals surface area contributed by atoms with Gasteiger partial charge in [0.05, 0.1) is 27.0 Å². The van der Waals surface area contributed by atoms with E-state index in [1.54, 1.807) is 29.5 Å². The van der Waals surface area contributed by atoms with Gasteiger partial charge < -0.3 is 10.1 Å². The fraction of sp³-hybridized carbons (Fsp3) is 0.0870. The zero-order valence-electron chi connectivity index (χ0n) is 17.1. The number of nitrogens with one attached hydrogen (secondary N) is 2. The second-order valence-electron chi connectivity index (χ2n) is 6.78. The average molecular weight is 670 g/mol. The number of para-hydroxylation sites is 1. The zero-order chi connectivity index (χ0) is 23.5. The van der Waals surface area contributed by atoms with E-state index >= 15 is 0 Å². The molecule has 10 heteroatoms. The second kappa shape index (κ2) is 10.6. The van der Waals surface area contributed by atoms with E-state index in [1.807, 2.05) is 43.3 Å². The van der Waals surface area contributed by atoms with Crippen molar-refractivity contribution < 1.29 is 9.53 Å². The van der Waals surface area contributed by atoms with E-state index in [0.29, 0.717) is 22.4 Å². The van der Waals surface area contributed by atoms with Crippen LogP contribution in [0.4, 0.5) is 5.69 Å². The number of aromatic nitrogens is 1. The molecule has 1 heterocycles. The van der Waals surface area contributed by atoms with Crippen LogP contribution in [0.25, 0.3) is 20.8 Å². The molecule has 0 atom stereocenters. The SMILES string of the molecule is CCOc1ccc(C(=O)NC(=S)Nc2c(Br)cc(Br)cc2-c2nc3ccccc3s2)cc1Br. The number of thiazole rings is 1. The number of carbonyl (C=O) groups is 1. The van der Waals surface area contributed by atoms with Crippen molar-refractivity contribution in [2.24, 2.45) is 0 Å². The Morgan fingerprint density at radius 2 is 1.88 bits per heavy atom. The molecular weight excluding hydrogens is 654 g/mol. The van der Waals surface area contributed by atoms with Gasteiger partial charge in [0.1, 0.15) is 10.8 Å². The molecule has 0 saturated heterocycles. The molecule has 2 N–H and O–H groups in total. The van der Waals surface area contributed by atoms with Crippen molar-refractivity contribution in [3.63, 3.8) is 0 Å². The van der Waals surface area contributed by atoms with Crippen LogP contribution in [0.2, 0.25) is 0 Å². The number of hydrogen-bond acceptors (Lipinski definition) is 5. The van der Waals surface area contributed by atoms with Gasteiger partial charge >= 0.3 is 0 Å². The van der Waals surface area contributed by atoms with Crippen molar-refractivity contribution in [3.05, 3.63) is 73.6 Å². The van der Waals surface area contributed by atoms with E-state index in [-0.39, 0.29) is 11.0 Å². The van der Waals surface area contributed by atoms with Gasteiger partial charge in [-0.2, -0.15) is 0 Å². The maximum atomic E-state index is 12.7. The monoisotopic (exact) mass is 667 g/mol. The summed E-state index contributed by atoms with van der Waals surface area (Å²) in [5.41, 5.74) is 2.96. The Labute approximate surface area is 225 Å². The quantitative estimate of drug-likeness (QED) is 0.213. The number of ether oxygens (including phenoxy) is 1. The smallest absolute Gasteiger partial charge is 0.257 e. The standard InChI is InChI=1S/C23H16Br3N3O2S2/c1-2-31-18-8-7-12(9-15(18)25)21(30)29-23(32)28-20-14(10-13(24)11-16(20)26)22-27-17-5-3-4-6-19(17)33-22/h3-11H,2H2,1H3,(H2,28,29,30,32). The molecule has 168 valence electrons. The number of amides is 1. The molecule has 4 aromatic rings. The van der Waals surface area contributed by atoms with Gasteiger partial charge in [-0.25, -0.2) is 4.98 Å². The van der Waals surface area contributed by atoms with Crippen LogP contribution in [-0.4, -0.2) is 22.6 Å². The normalized spacial score (nSPS) is 10.8. The molecule has 0 aliphatic heterocycles. The van der Waals surface area contributed by atoms with Gasteiger partial charge in [0.15, 0.2) is 5.11 Å². The van der Waals surface area contributed by atoms with E-state index in [1.165, 1.54) is 0 Å². The Morgan fingerprint density at radius 3 is 2.61 bits per heavy atom. The molecule has 0 aliphatic carbocycles. The third-order valence-electron chi connectivity index (χ3n) is 4.54. The highest BCUT2D eigenvalue weighted by molar-refractivity contribution is 9.11. The molecule has 0 spiro atoms. The Hall–Kier alpha value is -1.85. The van der Waals surface area contributed by atoms with Crippen LogP contribution in [-0.2, 0) is 0 Å². The predicted molar refractivity (Wildman–Crippen MR) is 149 cm³/mol. The lowest BCUT2D eigenvalue weighted by atomic mass is 10.2. The Morgan fingerprint density at radius 1 is 1.09 bits per heavy atom. The second-order valence-corrected chi connectivity index (χ2v) is 10.8. The van der Waals surface area contributed by atoms with E-state index in [0.717, 1.165) is 35.4 Å². The number of hydrogen-bond donors (Lipinski definition) is 2. The number of rotatable bonds is 5. The first-order valence-corrected chi connectivity index (χ1v) is 13.4. The average Bonchev–Trinajstić information content (AvgIpc) is 3.21. The lowest BCUT2D eigenvalue weighted by Crippen LogP contribution is -2.34. The van der Waals surface area contributed by atoms with Gasteiger partial charge in [0.25, 0.3) is 5.91 Å². The molecule has 0 saturated carbocycles. The van der Waals surface area contributed by atoms with Crippen LogP contribution in [0.3, 0.4) is 0 Å². The predicted octanol–water partition coefficient (Wildman–Crippen LogP) is 7.78. The number of thiocarbonyl (C=S) groups is 1. The minimum atomic E-state index is -0.328. The minimum Gasteiger partial charge on any atom is -0.493 e. The van der Waals surface area contributed by atoms with Crippen molar-refractivity contribution >= 4 is 98.3 Å². The molecule has 1 amide bonds. The van der Waals surface area contributed by atoms with E-state index in [9.17, 15) is 4.79 Å². The number of fused-ring (bicyclic) bond motifs is 1. The van der Waals surface area contributed by atoms with E-state index < -0.39 is 0 Å². The molecule has 0 unspecified atom stereocenters. The van der Waals surface area contributed by atoms with Crippen LogP contribution >= 0.6 is 71.3 Å². The van der Waals surface area contributed by atoms with Gasteiger partial charge in [0, 0.05) is 20.1 Å². The lowest BCUT2D eigenvalue weighted by Gasteiger charge is -2.15. The highest BCUT2D eigenvalue weighted by Crippen LogP contribution is 2.40. The summed E-state index contributed by atoms with van der Waals surface area (Å²) in [5.74, 6) is 0.347. The molecule has 3 aromatic carbocycles. The molecule has 0 bridgehead atoms. The lowest BCUT2D eigenvalue weighted by molar-refractivity contribution is 0.0977. The number of benzene rings is 3. The fourth-order valence-corrected chi connectivity index (χ4v) is 6.09. The van der Waals surface area contributed by atoms with E-state index in [2.05, 4.69) is 58.4 Å². The topological polar surface area (TPSA) is 63.2 Å². The molecule has 1 aromatic heterocycles. The third kappa shape index (κ3) is 5.63. The number of halogens is 3. The molecule has 5 nitrogen and oxygen atoms in total. The molecule has 0 fully saturated rings. The summed E-state index contributed by atoms with van der Waals surface area (Å²) >= 11 is 17.6. The Kier molecular flexibility index (Phi) is 7.80. The summed E-state index contributed by atoms with van der Waals surface area (Å²) in [6.07, 6.45) is 0.